The number of aromatic nitrogens is 1. The van der Waals surface area contributed by atoms with Crippen molar-refractivity contribution in [2.24, 2.45) is 9.98 Å². The predicted octanol–water partition coefficient (Wildman–Crippen LogP) is 6.95. The van der Waals surface area contributed by atoms with E-state index in [2.05, 4.69) is 32.1 Å². The summed E-state index contributed by atoms with van der Waals surface area (Å²) in [5.74, 6) is 5.32. The minimum absolute atomic E-state index is 0.200. The minimum atomic E-state index is 0.200. The van der Waals surface area contributed by atoms with E-state index in [-0.39, 0.29) is 5.70 Å². The van der Waals surface area contributed by atoms with Gasteiger partial charge in [0.2, 0.25) is 0 Å². The summed E-state index contributed by atoms with van der Waals surface area (Å²) in [6.07, 6.45) is 20.4. The number of hydrogen-bond donors (Lipinski definition) is 1. The third-order valence-corrected chi connectivity index (χ3v) is 6.73. The van der Waals surface area contributed by atoms with E-state index in [0.717, 1.165) is 33.8 Å². The Kier molecular flexibility index (Phi) is 7.71. The van der Waals surface area contributed by atoms with Crippen LogP contribution >= 0.6 is 0 Å². The van der Waals surface area contributed by atoms with Crippen LogP contribution in [-0.4, -0.2) is 20.9 Å². The van der Waals surface area contributed by atoms with Crippen LogP contribution in [0.5, 0.6) is 0 Å². The summed E-state index contributed by atoms with van der Waals surface area (Å²) in [7, 11) is 0. The Bertz CT molecular complexity index is 1820. The van der Waals surface area contributed by atoms with Gasteiger partial charge in [0.25, 0.3) is 0 Å². The van der Waals surface area contributed by atoms with Crippen LogP contribution in [-0.2, 0) is 15.3 Å². The van der Waals surface area contributed by atoms with Gasteiger partial charge in [-0.15, -0.1) is 0 Å². The Labute approximate surface area is 242 Å². The number of H-pyrrole nitrogens is 1. The first-order valence-corrected chi connectivity index (χ1v) is 12.8. The molecular formula is C35H22CoN4-2. The average Bonchev–Trinajstić information content (AvgIpc) is 3.78. The molecule has 193 valence electrons. The Morgan fingerprint density at radius 2 is 1.38 bits per heavy atom. The summed E-state index contributed by atoms with van der Waals surface area (Å²) < 4.78 is 0.458. The van der Waals surface area contributed by atoms with Crippen LogP contribution in [0.1, 0.15) is 22.5 Å². The number of aliphatic imine (C=N–C) groups is 2. The van der Waals surface area contributed by atoms with E-state index < -0.39 is 0 Å². The van der Waals surface area contributed by atoms with Crippen LogP contribution < -0.4 is 0 Å². The van der Waals surface area contributed by atoms with Gasteiger partial charge in [-0.25, -0.2) is 0 Å². The molecule has 5 rings (SSSR count). The van der Waals surface area contributed by atoms with E-state index in [1.54, 1.807) is 0 Å². The molecule has 2 N–H and O–H groups in total. The van der Waals surface area contributed by atoms with Gasteiger partial charge in [-0.05, 0) is 5.56 Å². The van der Waals surface area contributed by atoms with Crippen LogP contribution in [0.15, 0.2) is 130 Å². The molecule has 5 heteroatoms. The van der Waals surface area contributed by atoms with Gasteiger partial charge in [-0.2, -0.15) is 0 Å². The molecule has 1 aromatic heterocycles. The van der Waals surface area contributed by atoms with E-state index in [9.17, 15) is 0 Å². The van der Waals surface area contributed by atoms with Gasteiger partial charge >= 0.3 is 177 Å². The van der Waals surface area contributed by atoms with Crippen molar-refractivity contribution in [3.8, 4) is 24.7 Å². The summed E-state index contributed by atoms with van der Waals surface area (Å²) in [6.45, 7) is 5.73. The molecule has 3 aromatic rings. The van der Waals surface area contributed by atoms with E-state index in [1.165, 1.54) is 6.08 Å². The second kappa shape index (κ2) is 11.7. The first-order chi connectivity index (χ1) is 19.5. The molecule has 2 aliphatic heterocycles. The van der Waals surface area contributed by atoms with Crippen LogP contribution in [0.4, 0.5) is 0 Å². The summed E-state index contributed by atoms with van der Waals surface area (Å²) in [5, 5.41) is 0. The van der Waals surface area contributed by atoms with Crippen molar-refractivity contribution in [3.63, 3.8) is 0 Å². The van der Waals surface area contributed by atoms with E-state index in [1.807, 2.05) is 97.1 Å². The van der Waals surface area contributed by atoms with Crippen molar-refractivity contribution in [2.75, 3.05) is 0 Å². The molecule has 0 atom stereocenters. The van der Waals surface area contributed by atoms with Gasteiger partial charge < -0.3 is 5.73 Å². The van der Waals surface area contributed by atoms with Crippen LogP contribution in [0.25, 0.3) is 22.5 Å². The van der Waals surface area contributed by atoms with Gasteiger partial charge in [0.1, 0.15) is 0 Å². The number of aromatic amines is 1. The molecule has 0 amide bonds. The average molecular weight is 558 g/mol. The number of nitrogens with zero attached hydrogens (tertiary/aromatic N) is 2. The van der Waals surface area contributed by atoms with Gasteiger partial charge in [-0.1, -0.05) is 35.9 Å². The zero-order valence-corrected chi connectivity index (χ0v) is 22.3. The zero-order chi connectivity index (χ0) is 28.1. The number of hydrogen-bond acceptors (Lipinski definition) is 2. The Hall–Kier alpha value is -5.20. The zero-order valence-electron chi connectivity index (χ0n) is 21.3. The Morgan fingerprint density at radius 1 is 0.775 bits per heavy atom. The van der Waals surface area contributed by atoms with E-state index in [0.29, 0.717) is 32.7 Å². The topological polar surface area (TPSA) is 64.3 Å². The maximum atomic E-state index is 8.43. The third kappa shape index (κ3) is 5.21. The molecule has 0 bridgehead atoms. The fourth-order valence-electron chi connectivity index (χ4n) is 4.48. The molecule has 4 nitrogen and oxygen atoms in total. The third-order valence-electron chi connectivity index (χ3n) is 6.31. The predicted molar refractivity (Wildman–Crippen MR) is 163 cm³/mol. The van der Waals surface area contributed by atoms with E-state index in [4.69, 9.17) is 35.1 Å². The van der Waals surface area contributed by atoms with Gasteiger partial charge in [-0.3, -0.25) is 18.4 Å². The first kappa shape index (κ1) is 26.4. The van der Waals surface area contributed by atoms with Gasteiger partial charge in [0.15, 0.2) is 0 Å². The molecule has 0 aliphatic carbocycles. The SMILES string of the molecule is C#C[C](=[Co])C1=N/C(=C(C2=N/C(=C(/C#C)c3ccc(/C(=C(\[NH-])C=[CH-])c4ccccc4)[nH]3)C=C2)/c2ccccc2)C=C1. The van der Waals surface area contributed by atoms with Crippen LogP contribution in [0.3, 0.4) is 0 Å². The quantitative estimate of drug-likeness (QED) is 0.186. The van der Waals surface area contributed by atoms with Crippen molar-refractivity contribution < 1.29 is 15.3 Å². The summed E-state index contributed by atoms with van der Waals surface area (Å²) in [4.78, 5) is 13.0. The Balaban J connectivity index is 1.59. The van der Waals surface area contributed by atoms with Gasteiger partial charge in [0.05, 0.1) is 0 Å². The molecule has 0 saturated carbocycles. The molecule has 0 fully saturated rings. The second-order valence-electron chi connectivity index (χ2n) is 8.73. The molecule has 0 spiro atoms. The summed E-state index contributed by atoms with van der Waals surface area (Å²) in [6, 6.07) is 23.4. The Morgan fingerprint density at radius 3 is 2.02 bits per heavy atom. The molecule has 0 radical (unpaired) electrons. The molecule has 0 saturated heterocycles. The number of nitrogens with one attached hydrogen (secondary N) is 2. The van der Waals surface area contributed by atoms with Gasteiger partial charge in [0, 0.05) is 0 Å². The van der Waals surface area contributed by atoms with Crippen molar-refractivity contribution in [1.29, 1.82) is 0 Å². The normalized spacial score (nSPS) is 16.9. The van der Waals surface area contributed by atoms with Crippen LogP contribution in [0, 0.1) is 31.3 Å². The molecule has 2 aliphatic rings. The fourth-order valence-corrected chi connectivity index (χ4v) is 4.63. The standard InChI is InChI=1S/C35H22N4.Co/c1-4-13-26-18-19-32(37-26)35(25-16-11-8-12-17-25)33-23-21-30(39-33)27(5-2)29-20-22-31(38-29)34(28(36)6-3)24-14-9-7-10-15-24;/h1-3,6-12,14-23,36,38H;/q-2;/b30-27-,34-28-,35-32-;. The van der Waals surface area contributed by atoms with E-state index >= 15 is 0 Å². The number of terminal acetylenes is 2. The van der Waals surface area contributed by atoms with Crippen molar-refractivity contribution in [1.82, 2.24) is 4.98 Å². The van der Waals surface area contributed by atoms with Crippen molar-refractivity contribution in [2.45, 2.75) is 0 Å². The monoisotopic (exact) mass is 557 g/mol. The second-order valence-corrected chi connectivity index (χ2v) is 9.26. The molecular weight excluding hydrogens is 535 g/mol. The first-order valence-electron chi connectivity index (χ1n) is 12.3. The molecule has 3 heterocycles. The molecule has 2 aromatic carbocycles. The molecule has 0 unspecified atom stereocenters. The summed E-state index contributed by atoms with van der Waals surface area (Å²) >= 11 is 4.42. The number of benzene rings is 2. The maximum absolute atomic E-state index is 8.43. The summed E-state index contributed by atoms with van der Waals surface area (Å²) in [5.41, 5.74) is 16.7. The molecule has 40 heavy (non-hydrogen) atoms. The van der Waals surface area contributed by atoms with Crippen LogP contribution in [0.2, 0.25) is 0 Å². The number of rotatable bonds is 7. The van der Waals surface area contributed by atoms with Crippen molar-refractivity contribution in [3.05, 3.63) is 155 Å². The van der Waals surface area contributed by atoms with Crippen molar-refractivity contribution >= 4 is 32.6 Å². The number of allylic oxidation sites excluding steroid dienone is 7. The fraction of sp³-hybridized carbons (Fsp3) is 0.